The second kappa shape index (κ2) is 4.81. The van der Waals surface area contributed by atoms with Crippen LogP contribution in [-0.2, 0) is 9.47 Å². The van der Waals surface area contributed by atoms with E-state index in [0.717, 1.165) is 38.6 Å². The highest BCUT2D eigenvalue weighted by Gasteiger charge is 2.40. The molecule has 2 aliphatic rings. The maximum Gasteiger partial charge on any atom is 0.0939 e. The summed E-state index contributed by atoms with van der Waals surface area (Å²) in [6.45, 7) is 4.68. The first-order valence-corrected chi connectivity index (χ1v) is 6.17. The zero-order chi connectivity index (χ0) is 10.7. The number of hydrogen-bond acceptors (Lipinski definition) is 3. The van der Waals surface area contributed by atoms with E-state index in [1.165, 1.54) is 19.3 Å². The van der Waals surface area contributed by atoms with Crippen LogP contribution in [0.4, 0.5) is 0 Å². The Bertz CT molecular complexity index is 200. The van der Waals surface area contributed by atoms with Crippen LogP contribution in [0.15, 0.2) is 0 Å². The SMILES string of the molecule is CC(N)CCC1CCOC2(CCOC2)C1. The normalized spacial score (nSPS) is 38.4. The van der Waals surface area contributed by atoms with Gasteiger partial charge in [-0.2, -0.15) is 0 Å². The minimum atomic E-state index is 0.0702. The van der Waals surface area contributed by atoms with Crippen molar-refractivity contribution in [2.45, 2.75) is 50.7 Å². The third kappa shape index (κ3) is 2.92. The fourth-order valence-electron chi connectivity index (χ4n) is 2.74. The smallest absolute Gasteiger partial charge is 0.0939 e. The van der Waals surface area contributed by atoms with Crippen LogP contribution in [-0.4, -0.2) is 31.5 Å². The summed E-state index contributed by atoms with van der Waals surface area (Å²) < 4.78 is 11.4. The van der Waals surface area contributed by atoms with Crippen LogP contribution in [0.2, 0.25) is 0 Å². The van der Waals surface area contributed by atoms with E-state index in [2.05, 4.69) is 6.92 Å². The first kappa shape index (κ1) is 11.4. The summed E-state index contributed by atoms with van der Waals surface area (Å²) in [7, 11) is 0. The van der Waals surface area contributed by atoms with E-state index in [0.29, 0.717) is 6.04 Å². The molecule has 2 N–H and O–H groups in total. The number of ether oxygens (including phenoxy) is 2. The average molecular weight is 213 g/mol. The van der Waals surface area contributed by atoms with Crippen LogP contribution in [0.1, 0.15) is 39.0 Å². The van der Waals surface area contributed by atoms with Gasteiger partial charge < -0.3 is 15.2 Å². The Balaban J connectivity index is 1.81. The van der Waals surface area contributed by atoms with Gasteiger partial charge in [-0.1, -0.05) is 0 Å². The Morgan fingerprint density at radius 1 is 1.47 bits per heavy atom. The van der Waals surface area contributed by atoms with Gasteiger partial charge in [0.2, 0.25) is 0 Å². The van der Waals surface area contributed by atoms with Crippen molar-refractivity contribution >= 4 is 0 Å². The zero-order valence-corrected chi connectivity index (χ0v) is 9.71. The molecule has 0 aliphatic carbocycles. The third-order valence-corrected chi connectivity index (χ3v) is 3.69. The summed E-state index contributed by atoms with van der Waals surface area (Å²) in [5, 5.41) is 0. The summed E-state index contributed by atoms with van der Waals surface area (Å²) in [5.74, 6) is 0.798. The summed E-state index contributed by atoms with van der Waals surface area (Å²) in [4.78, 5) is 0. The van der Waals surface area contributed by atoms with Crippen molar-refractivity contribution in [2.75, 3.05) is 19.8 Å². The molecular weight excluding hydrogens is 190 g/mol. The minimum Gasteiger partial charge on any atom is -0.378 e. The highest BCUT2D eigenvalue weighted by molar-refractivity contribution is 4.90. The van der Waals surface area contributed by atoms with Crippen LogP contribution in [0.3, 0.4) is 0 Å². The summed E-state index contributed by atoms with van der Waals surface area (Å²) in [6.07, 6.45) is 5.86. The van der Waals surface area contributed by atoms with Crippen molar-refractivity contribution in [2.24, 2.45) is 11.7 Å². The van der Waals surface area contributed by atoms with Crippen LogP contribution in [0, 0.1) is 5.92 Å². The Morgan fingerprint density at radius 2 is 2.33 bits per heavy atom. The molecule has 2 rings (SSSR count). The predicted molar refractivity (Wildman–Crippen MR) is 59.7 cm³/mol. The van der Waals surface area contributed by atoms with Crippen LogP contribution < -0.4 is 5.73 Å². The Morgan fingerprint density at radius 3 is 3.00 bits per heavy atom. The Labute approximate surface area is 92.3 Å². The van der Waals surface area contributed by atoms with Crippen LogP contribution >= 0.6 is 0 Å². The lowest BCUT2D eigenvalue weighted by Gasteiger charge is -2.37. The molecule has 88 valence electrons. The lowest BCUT2D eigenvalue weighted by molar-refractivity contribution is -0.0990. The maximum absolute atomic E-state index is 5.91. The predicted octanol–water partition coefficient (Wildman–Crippen LogP) is 1.70. The zero-order valence-electron chi connectivity index (χ0n) is 9.71. The molecule has 0 saturated carbocycles. The molecule has 3 heteroatoms. The van der Waals surface area contributed by atoms with Crippen molar-refractivity contribution in [1.29, 1.82) is 0 Å². The van der Waals surface area contributed by atoms with E-state index in [-0.39, 0.29) is 5.60 Å². The molecule has 0 bridgehead atoms. The van der Waals surface area contributed by atoms with Gasteiger partial charge in [-0.15, -0.1) is 0 Å². The van der Waals surface area contributed by atoms with Crippen LogP contribution in [0.25, 0.3) is 0 Å². The van der Waals surface area contributed by atoms with E-state index in [1.54, 1.807) is 0 Å². The fraction of sp³-hybridized carbons (Fsp3) is 1.00. The molecule has 0 aromatic rings. The van der Waals surface area contributed by atoms with Gasteiger partial charge in [-0.3, -0.25) is 0 Å². The standard InChI is InChI=1S/C12H23NO2/c1-10(13)2-3-11-4-6-15-12(8-11)5-7-14-9-12/h10-11H,2-9,13H2,1H3. The van der Waals surface area contributed by atoms with E-state index in [4.69, 9.17) is 15.2 Å². The molecule has 3 nitrogen and oxygen atoms in total. The molecule has 2 heterocycles. The quantitative estimate of drug-likeness (QED) is 0.776. The van der Waals surface area contributed by atoms with Crippen molar-refractivity contribution < 1.29 is 9.47 Å². The maximum atomic E-state index is 5.91. The van der Waals surface area contributed by atoms with E-state index in [1.807, 2.05) is 0 Å². The Kier molecular flexibility index (Phi) is 3.65. The van der Waals surface area contributed by atoms with Gasteiger partial charge in [0.1, 0.15) is 0 Å². The van der Waals surface area contributed by atoms with Gasteiger partial charge in [0, 0.05) is 25.7 Å². The number of rotatable bonds is 3. The highest BCUT2D eigenvalue weighted by atomic mass is 16.6. The number of nitrogens with two attached hydrogens (primary N) is 1. The van der Waals surface area contributed by atoms with E-state index >= 15 is 0 Å². The molecule has 2 saturated heterocycles. The lowest BCUT2D eigenvalue weighted by Crippen LogP contribution is -2.40. The first-order valence-electron chi connectivity index (χ1n) is 6.17. The average Bonchev–Trinajstić information content (AvgIpc) is 2.63. The van der Waals surface area contributed by atoms with Crippen LogP contribution in [0.5, 0.6) is 0 Å². The number of hydrogen-bond donors (Lipinski definition) is 1. The second-order valence-corrected chi connectivity index (χ2v) is 5.25. The van der Waals surface area contributed by atoms with Gasteiger partial charge in [-0.05, 0) is 38.5 Å². The minimum absolute atomic E-state index is 0.0702. The highest BCUT2D eigenvalue weighted by Crippen LogP contribution is 2.37. The van der Waals surface area contributed by atoms with E-state index < -0.39 is 0 Å². The van der Waals surface area contributed by atoms with Gasteiger partial charge in [0.05, 0.1) is 12.2 Å². The van der Waals surface area contributed by atoms with Gasteiger partial charge in [0.15, 0.2) is 0 Å². The topological polar surface area (TPSA) is 44.5 Å². The van der Waals surface area contributed by atoms with Gasteiger partial charge in [-0.25, -0.2) is 0 Å². The molecule has 2 fully saturated rings. The van der Waals surface area contributed by atoms with Crippen molar-refractivity contribution in [3.8, 4) is 0 Å². The molecule has 0 aromatic heterocycles. The molecule has 3 unspecified atom stereocenters. The Hall–Kier alpha value is -0.120. The summed E-state index contributed by atoms with van der Waals surface area (Å²) in [5.41, 5.74) is 5.87. The van der Waals surface area contributed by atoms with Crippen molar-refractivity contribution in [1.82, 2.24) is 0 Å². The molecule has 1 spiro atoms. The first-order chi connectivity index (χ1) is 7.20. The molecule has 3 atom stereocenters. The largest absolute Gasteiger partial charge is 0.378 e. The van der Waals surface area contributed by atoms with Crippen molar-refractivity contribution in [3.05, 3.63) is 0 Å². The van der Waals surface area contributed by atoms with Gasteiger partial charge in [0.25, 0.3) is 0 Å². The molecule has 2 aliphatic heterocycles. The monoisotopic (exact) mass is 213 g/mol. The summed E-state index contributed by atoms with van der Waals surface area (Å²) in [6, 6.07) is 0.337. The molecular formula is C12H23NO2. The lowest BCUT2D eigenvalue weighted by atomic mass is 9.82. The van der Waals surface area contributed by atoms with Gasteiger partial charge >= 0.3 is 0 Å². The second-order valence-electron chi connectivity index (χ2n) is 5.25. The molecule has 15 heavy (non-hydrogen) atoms. The molecule has 0 aromatic carbocycles. The third-order valence-electron chi connectivity index (χ3n) is 3.69. The fourth-order valence-corrected chi connectivity index (χ4v) is 2.74. The van der Waals surface area contributed by atoms with E-state index in [9.17, 15) is 0 Å². The van der Waals surface area contributed by atoms with Crippen molar-refractivity contribution in [3.63, 3.8) is 0 Å². The summed E-state index contributed by atoms with van der Waals surface area (Å²) >= 11 is 0. The molecule has 0 amide bonds. The molecule has 0 radical (unpaired) electrons.